The molecular weight excluding hydrogens is 403 g/mol. The van der Waals surface area contributed by atoms with E-state index in [2.05, 4.69) is 15.4 Å². The summed E-state index contributed by atoms with van der Waals surface area (Å²) < 4.78 is 41.7. The number of ether oxygens (including phenoxy) is 1. The molecule has 7 nitrogen and oxygen atoms in total. The van der Waals surface area contributed by atoms with Crippen molar-refractivity contribution in [2.24, 2.45) is 0 Å². The minimum Gasteiger partial charge on any atom is -0.435 e. The molecule has 0 spiro atoms. The van der Waals surface area contributed by atoms with E-state index in [1.807, 2.05) is 0 Å². The molecule has 0 aliphatic carbocycles. The summed E-state index contributed by atoms with van der Waals surface area (Å²) >= 11 is 0. The average Bonchev–Trinajstić information content (AvgIpc) is 2.91. The van der Waals surface area contributed by atoms with Gasteiger partial charge in [0.1, 0.15) is 23.7 Å². The van der Waals surface area contributed by atoms with Gasteiger partial charge in [-0.15, -0.1) is 0 Å². The lowest BCUT2D eigenvalue weighted by molar-refractivity contribution is -0.134. The fourth-order valence-corrected chi connectivity index (χ4v) is 3.01. The zero-order chi connectivity index (χ0) is 21.9. The van der Waals surface area contributed by atoms with E-state index in [9.17, 15) is 27.6 Å². The lowest BCUT2D eigenvalue weighted by Gasteiger charge is -2.22. The molecule has 2 aromatic rings. The number of hydrogen-bond acceptors (Lipinski definition) is 4. The first kappa shape index (κ1) is 21.2. The monoisotopic (exact) mass is 421 g/mol. The van der Waals surface area contributed by atoms with E-state index in [1.54, 1.807) is 0 Å². The normalized spacial score (nSPS) is 18.5. The number of carbonyl (C=O) groups is 3. The molecule has 3 rings (SSSR count). The Morgan fingerprint density at radius 1 is 1.13 bits per heavy atom. The third kappa shape index (κ3) is 4.53. The van der Waals surface area contributed by atoms with Crippen LogP contribution in [0.3, 0.4) is 0 Å². The Labute approximate surface area is 169 Å². The van der Waals surface area contributed by atoms with Gasteiger partial charge in [0, 0.05) is 6.54 Å². The van der Waals surface area contributed by atoms with Crippen LogP contribution in [0.5, 0.6) is 5.75 Å². The number of nitrogens with zero attached hydrogens (tertiary/aromatic N) is 1. The first-order valence-corrected chi connectivity index (χ1v) is 8.89. The average molecular weight is 421 g/mol. The van der Waals surface area contributed by atoms with Gasteiger partial charge in [0.15, 0.2) is 0 Å². The van der Waals surface area contributed by atoms with Gasteiger partial charge in [-0.2, -0.15) is 8.78 Å². The number of nitrogens with one attached hydrogen (secondary N) is 2. The summed E-state index contributed by atoms with van der Waals surface area (Å²) in [6, 6.07) is 10.0. The van der Waals surface area contributed by atoms with Gasteiger partial charge in [0.05, 0.1) is 0 Å². The molecule has 0 aromatic heterocycles. The molecule has 1 aliphatic rings. The van der Waals surface area contributed by atoms with E-state index in [0.29, 0.717) is 11.1 Å². The molecule has 0 saturated carbocycles. The van der Waals surface area contributed by atoms with Crippen molar-refractivity contribution < 1.29 is 32.3 Å². The highest BCUT2D eigenvalue weighted by Crippen LogP contribution is 2.30. The first-order valence-electron chi connectivity index (χ1n) is 8.89. The van der Waals surface area contributed by atoms with E-state index >= 15 is 0 Å². The quantitative estimate of drug-likeness (QED) is 0.673. The second-order valence-electron chi connectivity index (χ2n) is 6.75. The lowest BCUT2D eigenvalue weighted by Crippen LogP contribution is -2.43. The number of alkyl halides is 2. The van der Waals surface area contributed by atoms with Gasteiger partial charge < -0.3 is 15.4 Å². The standard InChI is InChI=1S/C20H18F3N3O4/c1-20(13-4-8-15(9-5-13)30-18(22)23)17(28)26(19(29)25-20)11-16(27)24-10-12-2-6-14(21)7-3-12/h2-9,18H,10-11H2,1H3,(H,24,27)(H,25,29)/t20-/m0/s1. The predicted molar refractivity (Wildman–Crippen MR) is 98.9 cm³/mol. The highest BCUT2D eigenvalue weighted by molar-refractivity contribution is 6.09. The molecule has 0 radical (unpaired) electrons. The molecule has 158 valence electrons. The summed E-state index contributed by atoms with van der Waals surface area (Å²) in [6.07, 6.45) is 0. The van der Waals surface area contributed by atoms with Gasteiger partial charge in [0.25, 0.3) is 5.91 Å². The summed E-state index contributed by atoms with van der Waals surface area (Å²) in [7, 11) is 0. The number of hydrogen-bond donors (Lipinski definition) is 2. The molecule has 1 fully saturated rings. The largest absolute Gasteiger partial charge is 0.435 e. The van der Waals surface area contributed by atoms with Crippen LogP contribution in [0, 0.1) is 5.82 Å². The van der Waals surface area contributed by atoms with Crippen molar-refractivity contribution in [1.29, 1.82) is 0 Å². The van der Waals surface area contributed by atoms with E-state index < -0.39 is 42.4 Å². The Hall–Kier alpha value is -3.56. The Kier molecular flexibility index (Phi) is 5.95. The van der Waals surface area contributed by atoms with Gasteiger partial charge in [-0.3, -0.25) is 14.5 Å². The Bertz CT molecular complexity index is 951. The Balaban J connectivity index is 1.64. The zero-order valence-electron chi connectivity index (χ0n) is 15.8. The highest BCUT2D eigenvalue weighted by atomic mass is 19.3. The van der Waals surface area contributed by atoms with Crippen molar-refractivity contribution >= 4 is 17.8 Å². The minimum atomic E-state index is -2.98. The first-order chi connectivity index (χ1) is 14.2. The smallest absolute Gasteiger partial charge is 0.387 e. The molecule has 10 heteroatoms. The fraction of sp³-hybridized carbons (Fsp3) is 0.250. The summed E-state index contributed by atoms with van der Waals surface area (Å²) in [5, 5.41) is 5.08. The number of carbonyl (C=O) groups excluding carboxylic acids is 3. The van der Waals surface area contributed by atoms with Crippen LogP contribution in [0.1, 0.15) is 18.1 Å². The minimum absolute atomic E-state index is 0.0915. The number of imide groups is 1. The third-order valence-corrected chi connectivity index (χ3v) is 4.64. The molecule has 30 heavy (non-hydrogen) atoms. The van der Waals surface area contributed by atoms with Crippen LogP contribution in [0.2, 0.25) is 0 Å². The topological polar surface area (TPSA) is 87.7 Å². The highest BCUT2D eigenvalue weighted by Gasteiger charge is 2.49. The molecule has 1 saturated heterocycles. The summed E-state index contributed by atoms with van der Waals surface area (Å²) in [6.45, 7) is -1.94. The number of rotatable bonds is 7. The van der Waals surface area contributed by atoms with Gasteiger partial charge >= 0.3 is 12.6 Å². The number of urea groups is 1. The molecule has 4 amide bonds. The molecule has 0 bridgehead atoms. The van der Waals surface area contributed by atoms with E-state index in [1.165, 1.54) is 55.5 Å². The van der Waals surface area contributed by atoms with Crippen molar-refractivity contribution in [3.8, 4) is 5.75 Å². The second-order valence-corrected chi connectivity index (χ2v) is 6.75. The summed E-state index contributed by atoms with van der Waals surface area (Å²) in [4.78, 5) is 38.0. The van der Waals surface area contributed by atoms with Crippen molar-refractivity contribution in [2.45, 2.75) is 25.6 Å². The third-order valence-electron chi connectivity index (χ3n) is 4.64. The van der Waals surface area contributed by atoms with Crippen molar-refractivity contribution in [3.63, 3.8) is 0 Å². The fourth-order valence-electron chi connectivity index (χ4n) is 3.01. The molecule has 1 atom stereocenters. The van der Waals surface area contributed by atoms with E-state index in [4.69, 9.17) is 0 Å². The summed E-state index contributed by atoms with van der Waals surface area (Å²) in [5.74, 6) is -1.73. The van der Waals surface area contributed by atoms with Crippen LogP contribution >= 0.6 is 0 Å². The maximum atomic E-state index is 12.9. The number of benzene rings is 2. The second kappa shape index (κ2) is 8.44. The molecular formula is C20H18F3N3O4. The van der Waals surface area contributed by atoms with Crippen LogP contribution in [0.4, 0.5) is 18.0 Å². The summed E-state index contributed by atoms with van der Waals surface area (Å²) in [5.41, 5.74) is -0.466. The van der Waals surface area contributed by atoms with Gasteiger partial charge in [-0.05, 0) is 42.3 Å². The Morgan fingerprint density at radius 2 is 1.77 bits per heavy atom. The lowest BCUT2D eigenvalue weighted by atomic mass is 9.92. The molecule has 0 unspecified atom stereocenters. The van der Waals surface area contributed by atoms with E-state index in [0.717, 1.165) is 4.90 Å². The van der Waals surface area contributed by atoms with Crippen LogP contribution in [-0.2, 0) is 21.7 Å². The van der Waals surface area contributed by atoms with E-state index in [-0.39, 0.29) is 12.3 Å². The molecule has 2 aromatic carbocycles. The SMILES string of the molecule is C[C@@]1(c2ccc(OC(F)F)cc2)NC(=O)N(CC(=O)NCc2ccc(F)cc2)C1=O. The van der Waals surface area contributed by atoms with Gasteiger partial charge in [-0.1, -0.05) is 24.3 Å². The van der Waals surface area contributed by atoms with Crippen LogP contribution in [0.15, 0.2) is 48.5 Å². The van der Waals surface area contributed by atoms with Crippen molar-refractivity contribution in [3.05, 3.63) is 65.5 Å². The maximum absolute atomic E-state index is 12.9. The van der Waals surface area contributed by atoms with Crippen molar-refractivity contribution in [2.75, 3.05) is 6.54 Å². The molecule has 1 aliphatic heterocycles. The molecule has 1 heterocycles. The van der Waals surface area contributed by atoms with Gasteiger partial charge in [-0.25, -0.2) is 9.18 Å². The van der Waals surface area contributed by atoms with Crippen LogP contribution in [-0.4, -0.2) is 35.9 Å². The zero-order valence-corrected chi connectivity index (χ0v) is 15.8. The Morgan fingerprint density at radius 3 is 2.37 bits per heavy atom. The number of amides is 4. The van der Waals surface area contributed by atoms with Crippen LogP contribution < -0.4 is 15.4 Å². The van der Waals surface area contributed by atoms with Crippen LogP contribution in [0.25, 0.3) is 0 Å². The van der Waals surface area contributed by atoms with Crippen molar-refractivity contribution in [1.82, 2.24) is 15.5 Å². The number of halogens is 3. The molecule has 2 N–H and O–H groups in total. The maximum Gasteiger partial charge on any atom is 0.387 e. The van der Waals surface area contributed by atoms with Gasteiger partial charge in [0.2, 0.25) is 5.91 Å². The predicted octanol–water partition coefficient (Wildman–Crippen LogP) is 2.51.